The molecule has 0 aliphatic heterocycles. The van der Waals surface area contributed by atoms with Gasteiger partial charge in [0.1, 0.15) is 18.1 Å². The summed E-state index contributed by atoms with van der Waals surface area (Å²) in [5, 5.41) is 12.4. The van der Waals surface area contributed by atoms with Gasteiger partial charge in [-0.05, 0) is 48.5 Å². The number of benzene rings is 2. The van der Waals surface area contributed by atoms with Crippen molar-refractivity contribution >= 4 is 34.8 Å². The normalized spacial score (nSPS) is 10.6. The molecule has 0 fully saturated rings. The van der Waals surface area contributed by atoms with E-state index in [9.17, 15) is 4.79 Å². The van der Waals surface area contributed by atoms with E-state index in [1.807, 2.05) is 12.1 Å². The molecule has 0 aliphatic carbocycles. The van der Waals surface area contributed by atoms with Gasteiger partial charge >= 0.3 is 0 Å². The summed E-state index contributed by atoms with van der Waals surface area (Å²) in [6, 6.07) is 13.6. The maximum absolute atomic E-state index is 12.4. The number of carbonyl (C=O) groups excluding carboxylic acids is 1. The van der Waals surface area contributed by atoms with Crippen LogP contribution in [0.5, 0.6) is 5.75 Å². The third-order valence-corrected chi connectivity index (χ3v) is 4.27. The van der Waals surface area contributed by atoms with Crippen LogP contribution < -0.4 is 10.1 Å². The van der Waals surface area contributed by atoms with Crippen molar-refractivity contribution in [3.05, 3.63) is 69.9 Å². The van der Waals surface area contributed by atoms with Gasteiger partial charge in [0.05, 0.1) is 17.2 Å². The molecule has 0 radical (unpaired) electrons. The standard InChI is InChI=1S/C19H15Cl2NO4/c1-25-18-15(20)8-12(9-16(18)21)19(24)22-13-4-2-11(3-5-13)17-7-6-14(10-23)26-17/h2-9,23H,10H2,1H3,(H,22,24). The number of ether oxygens (including phenoxy) is 1. The number of methoxy groups -OCH3 is 1. The van der Waals surface area contributed by atoms with E-state index in [1.54, 1.807) is 24.3 Å². The molecule has 0 saturated carbocycles. The Bertz CT molecular complexity index is 912. The highest BCUT2D eigenvalue weighted by molar-refractivity contribution is 6.37. The SMILES string of the molecule is COc1c(Cl)cc(C(=O)Nc2ccc(-c3ccc(CO)o3)cc2)cc1Cl. The lowest BCUT2D eigenvalue weighted by atomic mass is 10.1. The number of anilines is 1. The number of furan rings is 1. The van der Waals surface area contributed by atoms with Crippen LogP contribution in [0.4, 0.5) is 5.69 Å². The summed E-state index contributed by atoms with van der Waals surface area (Å²) in [6.45, 7) is -0.152. The van der Waals surface area contributed by atoms with Gasteiger partial charge < -0.3 is 19.6 Å². The van der Waals surface area contributed by atoms with E-state index in [2.05, 4.69) is 5.32 Å². The summed E-state index contributed by atoms with van der Waals surface area (Å²) in [7, 11) is 1.46. The van der Waals surface area contributed by atoms with Crippen molar-refractivity contribution in [2.75, 3.05) is 12.4 Å². The van der Waals surface area contributed by atoms with Crippen LogP contribution in [-0.2, 0) is 6.61 Å². The van der Waals surface area contributed by atoms with Crippen molar-refractivity contribution in [1.29, 1.82) is 0 Å². The number of nitrogens with one attached hydrogen (secondary N) is 1. The Labute approximate surface area is 160 Å². The molecule has 0 unspecified atom stereocenters. The van der Waals surface area contributed by atoms with E-state index in [4.69, 9.17) is 37.5 Å². The molecule has 1 heterocycles. The lowest BCUT2D eigenvalue weighted by Crippen LogP contribution is -2.12. The lowest BCUT2D eigenvalue weighted by Gasteiger charge is -2.10. The molecule has 2 aromatic carbocycles. The number of aliphatic hydroxyl groups is 1. The van der Waals surface area contributed by atoms with Gasteiger partial charge in [-0.3, -0.25) is 4.79 Å². The van der Waals surface area contributed by atoms with Crippen LogP contribution in [0.25, 0.3) is 11.3 Å². The van der Waals surface area contributed by atoms with Crippen LogP contribution in [0.1, 0.15) is 16.1 Å². The number of hydrogen-bond donors (Lipinski definition) is 2. The fraction of sp³-hybridized carbons (Fsp3) is 0.105. The number of hydrogen-bond acceptors (Lipinski definition) is 4. The minimum absolute atomic E-state index is 0.152. The van der Waals surface area contributed by atoms with E-state index in [-0.39, 0.29) is 22.6 Å². The van der Waals surface area contributed by atoms with Crippen molar-refractivity contribution in [1.82, 2.24) is 0 Å². The van der Waals surface area contributed by atoms with Crippen LogP contribution in [0.3, 0.4) is 0 Å². The smallest absolute Gasteiger partial charge is 0.255 e. The summed E-state index contributed by atoms with van der Waals surface area (Å²) in [5.74, 6) is 1.12. The topological polar surface area (TPSA) is 71.7 Å². The van der Waals surface area contributed by atoms with Gasteiger partial charge in [-0.25, -0.2) is 0 Å². The van der Waals surface area contributed by atoms with Gasteiger partial charge in [0, 0.05) is 16.8 Å². The summed E-state index contributed by atoms with van der Waals surface area (Å²) >= 11 is 12.1. The second-order valence-electron chi connectivity index (χ2n) is 5.43. The average molecular weight is 392 g/mol. The van der Waals surface area contributed by atoms with Gasteiger partial charge in [0.25, 0.3) is 5.91 Å². The third kappa shape index (κ3) is 3.85. The first kappa shape index (κ1) is 18.3. The summed E-state index contributed by atoms with van der Waals surface area (Å²) in [5.41, 5.74) is 1.76. The molecular weight excluding hydrogens is 377 g/mol. The van der Waals surface area contributed by atoms with Gasteiger partial charge in [-0.15, -0.1) is 0 Å². The Morgan fingerprint density at radius 3 is 2.31 bits per heavy atom. The third-order valence-electron chi connectivity index (χ3n) is 3.71. The maximum Gasteiger partial charge on any atom is 0.255 e. The predicted molar refractivity (Wildman–Crippen MR) is 101 cm³/mol. The van der Waals surface area contributed by atoms with Crippen LogP contribution in [-0.4, -0.2) is 18.1 Å². The lowest BCUT2D eigenvalue weighted by molar-refractivity contribution is 0.102. The van der Waals surface area contributed by atoms with E-state index >= 15 is 0 Å². The summed E-state index contributed by atoms with van der Waals surface area (Å²) < 4.78 is 10.6. The highest BCUT2D eigenvalue weighted by atomic mass is 35.5. The predicted octanol–water partition coefficient (Wildman–Crippen LogP) is 5.01. The van der Waals surface area contributed by atoms with Crippen LogP contribution in [0.15, 0.2) is 52.9 Å². The number of rotatable bonds is 5. The molecule has 1 aromatic heterocycles. The molecule has 0 spiro atoms. The summed E-state index contributed by atoms with van der Waals surface area (Å²) in [6.07, 6.45) is 0. The maximum atomic E-state index is 12.4. The van der Waals surface area contributed by atoms with E-state index in [1.165, 1.54) is 19.2 Å². The second-order valence-corrected chi connectivity index (χ2v) is 6.24. The fourth-order valence-electron chi connectivity index (χ4n) is 2.43. The molecule has 0 aliphatic rings. The summed E-state index contributed by atoms with van der Waals surface area (Å²) in [4.78, 5) is 12.4. The van der Waals surface area contributed by atoms with E-state index in [0.717, 1.165) is 5.56 Å². The largest absolute Gasteiger partial charge is 0.494 e. The van der Waals surface area contributed by atoms with Crippen LogP contribution >= 0.6 is 23.2 Å². The quantitative estimate of drug-likeness (QED) is 0.641. The second kappa shape index (κ2) is 7.83. The van der Waals surface area contributed by atoms with Crippen molar-refractivity contribution in [2.45, 2.75) is 6.61 Å². The molecule has 134 valence electrons. The molecule has 2 N–H and O–H groups in total. The van der Waals surface area contributed by atoms with Gasteiger partial charge in [-0.1, -0.05) is 23.2 Å². The molecule has 5 nitrogen and oxygen atoms in total. The van der Waals surface area contributed by atoms with Gasteiger partial charge in [0.2, 0.25) is 0 Å². The van der Waals surface area contributed by atoms with Crippen molar-refractivity contribution < 1.29 is 19.1 Å². The molecule has 0 bridgehead atoms. The molecule has 0 atom stereocenters. The molecule has 0 saturated heterocycles. The van der Waals surface area contributed by atoms with Crippen molar-refractivity contribution in [2.24, 2.45) is 0 Å². The van der Waals surface area contributed by atoms with Crippen LogP contribution in [0.2, 0.25) is 10.0 Å². The van der Waals surface area contributed by atoms with Crippen LogP contribution in [0, 0.1) is 0 Å². The van der Waals surface area contributed by atoms with Crippen molar-refractivity contribution in [3.8, 4) is 17.1 Å². The van der Waals surface area contributed by atoms with Crippen molar-refractivity contribution in [3.63, 3.8) is 0 Å². The molecule has 1 amide bonds. The minimum Gasteiger partial charge on any atom is -0.494 e. The zero-order valence-corrected chi connectivity index (χ0v) is 15.3. The van der Waals surface area contributed by atoms with Gasteiger partial charge in [0.15, 0.2) is 5.75 Å². The fourth-order valence-corrected chi connectivity index (χ4v) is 3.07. The highest BCUT2D eigenvalue weighted by Crippen LogP contribution is 2.34. The number of aliphatic hydroxyl groups excluding tert-OH is 1. The number of amides is 1. The Morgan fingerprint density at radius 2 is 1.77 bits per heavy atom. The first-order chi connectivity index (χ1) is 12.5. The highest BCUT2D eigenvalue weighted by Gasteiger charge is 2.14. The Hall–Kier alpha value is -2.47. The van der Waals surface area contributed by atoms with Gasteiger partial charge in [-0.2, -0.15) is 0 Å². The molecule has 7 heteroatoms. The zero-order chi connectivity index (χ0) is 18.7. The Morgan fingerprint density at radius 1 is 1.12 bits per heavy atom. The molecule has 3 aromatic rings. The molecule has 3 rings (SSSR count). The molecule has 26 heavy (non-hydrogen) atoms. The first-order valence-corrected chi connectivity index (χ1v) is 8.42. The Kier molecular flexibility index (Phi) is 5.52. The number of halogens is 2. The first-order valence-electron chi connectivity index (χ1n) is 7.66. The Balaban J connectivity index is 1.75. The van der Waals surface area contributed by atoms with E-state index < -0.39 is 0 Å². The monoisotopic (exact) mass is 391 g/mol. The van der Waals surface area contributed by atoms with E-state index in [0.29, 0.717) is 28.5 Å². The number of carbonyl (C=O) groups is 1. The average Bonchev–Trinajstić information content (AvgIpc) is 3.11. The molecular formula is C19H15Cl2NO4. The minimum atomic E-state index is -0.343. The zero-order valence-electron chi connectivity index (χ0n) is 13.8.